The van der Waals surface area contributed by atoms with Crippen LogP contribution in [-0.2, 0) is 9.59 Å². The standard InChI is InChI=1S/C19H26N4O2/c1-14(2)13-21-7-9-22(10-8-21)18(25)19(4)12-17(24)20-16-11-15(3)5-6-23(16)19/h5-6,11H,1,7-10,12-13H2,2-4H3. The first-order chi connectivity index (χ1) is 11.8. The van der Waals surface area contributed by atoms with E-state index in [0.717, 1.165) is 30.8 Å². The molecule has 25 heavy (non-hydrogen) atoms. The van der Waals surface area contributed by atoms with Crippen LogP contribution in [-0.4, -0.2) is 70.6 Å². The Morgan fingerprint density at radius 1 is 1.32 bits per heavy atom. The lowest BCUT2D eigenvalue weighted by atomic mass is 9.89. The van der Waals surface area contributed by atoms with Crippen molar-refractivity contribution in [2.75, 3.05) is 32.7 Å². The summed E-state index contributed by atoms with van der Waals surface area (Å²) in [5, 5.41) is 0. The number of fused-ring (bicyclic) bond motifs is 1. The van der Waals surface area contributed by atoms with Crippen LogP contribution in [0.2, 0.25) is 0 Å². The van der Waals surface area contributed by atoms with Crippen molar-refractivity contribution in [3.8, 4) is 0 Å². The van der Waals surface area contributed by atoms with E-state index in [2.05, 4.69) is 16.5 Å². The summed E-state index contributed by atoms with van der Waals surface area (Å²) in [4.78, 5) is 35.6. The van der Waals surface area contributed by atoms with E-state index in [0.29, 0.717) is 18.9 Å². The van der Waals surface area contributed by atoms with Gasteiger partial charge < -0.3 is 9.80 Å². The van der Waals surface area contributed by atoms with Crippen LogP contribution in [0.1, 0.15) is 27.2 Å². The zero-order chi connectivity index (χ0) is 18.2. The minimum Gasteiger partial charge on any atom is -0.338 e. The van der Waals surface area contributed by atoms with Gasteiger partial charge in [0.15, 0.2) is 0 Å². The number of carbonyl (C=O) groups excluding carboxylic acids is 2. The lowest BCUT2D eigenvalue weighted by Gasteiger charge is -2.46. The lowest BCUT2D eigenvalue weighted by molar-refractivity contribution is -0.145. The molecule has 0 saturated carbocycles. The van der Waals surface area contributed by atoms with Crippen molar-refractivity contribution < 1.29 is 9.59 Å². The highest BCUT2D eigenvalue weighted by Crippen LogP contribution is 2.31. The smallest absolute Gasteiger partial charge is 0.250 e. The summed E-state index contributed by atoms with van der Waals surface area (Å²) in [6, 6.07) is 0. The van der Waals surface area contributed by atoms with Gasteiger partial charge in [-0.3, -0.25) is 14.5 Å². The molecule has 6 heteroatoms. The van der Waals surface area contributed by atoms with Crippen molar-refractivity contribution in [2.45, 2.75) is 32.7 Å². The maximum Gasteiger partial charge on any atom is 0.250 e. The number of amides is 2. The molecule has 0 aliphatic carbocycles. The quantitative estimate of drug-likeness (QED) is 0.731. The summed E-state index contributed by atoms with van der Waals surface area (Å²) in [7, 11) is 0. The predicted molar refractivity (Wildman–Crippen MR) is 98.0 cm³/mol. The first-order valence-corrected chi connectivity index (χ1v) is 8.73. The molecule has 1 unspecified atom stereocenters. The molecule has 1 atom stereocenters. The van der Waals surface area contributed by atoms with Gasteiger partial charge in [-0.25, -0.2) is 0 Å². The zero-order valence-corrected chi connectivity index (χ0v) is 15.3. The van der Waals surface area contributed by atoms with Crippen LogP contribution in [0.3, 0.4) is 0 Å². The third-order valence-corrected chi connectivity index (χ3v) is 4.97. The fourth-order valence-electron chi connectivity index (χ4n) is 3.65. The van der Waals surface area contributed by atoms with E-state index in [1.807, 2.05) is 48.9 Å². The Kier molecular flexibility index (Phi) is 4.64. The Balaban J connectivity index is 1.76. The van der Waals surface area contributed by atoms with Crippen molar-refractivity contribution in [1.29, 1.82) is 0 Å². The van der Waals surface area contributed by atoms with E-state index in [1.54, 1.807) is 0 Å². The maximum absolute atomic E-state index is 13.3. The number of carbonyl (C=O) groups is 2. The molecular formula is C19H26N4O2. The minimum absolute atomic E-state index is 0.000767. The molecule has 3 aliphatic rings. The van der Waals surface area contributed by atoms with Crippen molar-refractivity contribution in [3.05, 3.63) is 36.1 Å². The maximum atomic E-state index is 13.3. The van der Waals surface area contributed by atoms with E-state index in [9.17, 15) is 9.59 Å². The van der Waals surface area contributed by atoms with Crippen LogP contribution in [0.25, 0.3) is 0 Å². The van der Waals surface area contributed by atoms with E-state index in [-0.39, 0.29) is 18.2 Å². The summed E-state index contributed by atoms with van der Waals surface area (Å²) in [5.41, 5.74) is 1.25. The van der Waals surface area contributed by atoms with Gasteiger partial charge in [0.25, 0.3) is 5.91 Å². The van der Waals surface area contributed by atoms with Gasteiger partial charge in [0.1, 0.15) is 11.4 Å². The van der Waals surface area contributed by atoms with Crippen LogP contribution in [0.4, 0.5) is 0 Å². The SMILES string of the molecule is C=C(C)CN1CCN(C(=O)C2(C)CC(=O)N=C3C=C(C)C=CN32)CC1. The summed E-state index contributed by atoms with van der Waals surface area (Å²) in [6.45, 7) is 13.7. The molecule has 0 radical (unpaired) electrons. The van der Waals surface area contributed by atoms with Crippen LogP contribution >= 0.6 is 0 Å². The molecule has 0 aromatic rings. The highest BCUT2D eigenvalue weighted by atomic mass is 16.2. The number of aliphatic imine (C=N–C) groups is 1. The fourth-order valence-corrected chi connectivity index (χ4v) is 3.65. The van der Waals surface area contributed by atoms with Crippen molar-refractivity contribution >= 4 is 17.6 Å². The average molecular weight is 342 g/mol. The number of amidine groups is 1. The predicted octanol–water partition coefficient (Wildman–Crippen LogP) is 1.57. The summed E-state index contributed by atoms with van der Waals surface area (Å²) in [5.74, 6) is 0.330. The molecule has 1 saturated heterocycles. The van der Waals surface area contributed by atoms with E-state index >= 15 is 0 Å². The van der Waals surface area contributed by atoms with Crippen molar-refractivity contribution in [2.24, 2.45) is 4.99 Å². The monoisotopic (exact) mass is 342 g/mol. The van der Waals surface area contributed by atoms with Gasteiger partial charge in [0, 0.05) is 38.9 Å². The number of rotatable bonds is 3. The lowest BCUT2D eigenvalue weighted by Crippen LogP contribution is -2.63. The third kappa shape index (κ3) is 3.44. The topological polar surface area (TPSA) is 56.2 Å². The molecule has 0 N–H and O–H groups in total. The van der Waals surface area contributed by atoms with E-state index in [1.165, 1.54) is 0 Å². The molecular weight excluding hydrogens is 316 g/mol. The Morgan fingerprint density at radius 2 is 2.00 bits per heavy atom. The third-order valence-electron chi connectivity index (χ3n) is 4.97. The van der Waals surface area contributed by atoms with Crippen molar-refractivity contribution in [1.82, 2.24) is 14.7 Å². The van der Waals surface area contributed by atoms with Gasteiger partial charge in [-0.2, -0.15) is 4.99 Å². The highest BCUT2D eigenvalue weighted by molar-refractivity contribution is 6.09. The molecule has 3 aliphatic heterocycles. The molecule has 6 nitrogen and oxygen atoms in total. The second-order valence-corrected chi connectivity index (χ2v) is 7.41. The van der Waals surface area contributed by atoms with Crippen molar-refractivity contribution in [3.63, 3.8) is 0 Å². The highest BCUT2D eigenvalue weighted by Gasteiger charge is 2.47. The number of allylic oxidation sites excluding steroid dienone is 2. The van der Waals surface area contributed by atoms with Crippen LogP contribution in [0.5, 0.6) is 0 Å². The number of nitrogens with zero attached hydrogens (tertiary/aromatic N) is 4. The van der Waals surface area contributed by atoms with Gasteiger partial charge in [0.2, 0.25) is 5.91 Å². The first kappa shape index (κ1) is 17.6. The second kappa shape index (κ2) is 6.59. The first-order valence-electron chi connectivity index (χ1n) is 8.73. The number of hydrogen-bond acceptors (Lipinski definition) is 4. The second-order valence-electron chi connectivity index (χ2n) is 7.41. The van der Waals surface area contributed by atoms with Gasteiger partial charge in [-0.05, 0) is 38.5 Å². The molecule has 3 rings (SSSR count). The average Bonchev–Trinajstić information content (AvgIpc) is 2.53. The molecule has 0 aromatic carbocycles. The van der Waals surface area contributed by atoms with Gasteiger partial charge in [0.05, 0.1) is 6.42 Å². The molecule has 1 fully saturated rings. The zero-order valence-electron chi connectivity index (χ0n) is 15.3. The van der Waals surface area contributed by atoms with Crippen LogP contribution in [0.15, 0.2) is 41.1 Å². The summed E-state index contributed by atoms with van der Waals surface area (Å²) < 4.78 is 0. The van der Waals surface area contributed by atoms with Gasteiger partial charge in [-0.15, -0.1) is 0 Å². The van der Waals surface area contributed by atoms with E-state index in [4.69, 9.17) is 0 Å². The van der Waals surface area contributed by atoms with Crippen LogP contribution in [0, 0.1) is 0 Å². The Bertz CT molecular complexity index is 698. The molecule has 134 valence electrons. The molecule has 2 amide bonds. The molecule has 0 aromatic heterocycles. The van der Waals surface area contributed by atoms with Gasteiger partial charge >= 0.3 is 0 Å². The Labute approximate surface area is 149 Å². The number of hydrogen-bond donors (Lipinski definition) is 0. The molecule has 0 spiro atoms. The Hall–Kier alpha value is -2.21. The van der Waals surface area contributed by atoms with Crippen LogP contribution < -0.4 is 0 Å². The number of piperazine rings is 1. The largest absolute Gasteiger partial charge is 0.338 e. The Morgan fingerprint density at radius 3 is 2.64 bits per heavy atom. The minimum atomic E-state index is -0.904. The van der Waals surface area contributed by atoms with E-state index < -0.39 is 5.54 Å². The summed E-state index contributed by atoms with van der Waals surface area (Å²) >= 11 is 0. The fraction of sp³-hybridized carbons (Fsp3) is 0.526. The molecule has 3 heterocycles. The normalized spacial score (nSPS) is 26.9. The molecule has 0 bridgehead atoms. The summed E-state index contributed by atoms with van der Waals surface area (Å²) in [6.07, 6.45) is 5.78. The van der Waals surface area contributed by atoms with Gasteiger partial charge in [-0.1, -0.05) is 12.2 Å².